The number of rotatable bonds is 5. The summed E-state index contributed by atoms with van der Waals surface area (Å²) >= 11 is 0. The topological polar surface area (TPSA) is 18.5 Å². The van der Waals surface area contributed by atoms with E-state index in [-0.39, 0.29) is 0 Å². The second-order valence-corrected chi connectivity index (χ2v) is 7.01. The van der Waals surface area contributed by atoms with Crippen LogP contribution < -0.4 is 9.47 Å². The van der Waals surface area contributed by atoms with Crippen molar-refractivity contribution in [3.05, 3.63) is 121 Å². The third kappa shape index (κ3) is 3.76. The monoisotopic (exact) mass is 388 g/mol. The van der Waals surface area contributed by atoms with E-state index in [0.717, 1.165) is 34.1 Å². The molecule has 0 fully saturated rings. The zero-order chi connectivity index (χ0) is 20.2. The average Bonchev–Trinajstić information content (AvgIpc) is 2.80. The highest BCUT2D eigenvalue weighted by molar-refractivity contribution is 5.98. The fourth-order valence-corrected chi connectivity index (χ4v) is 3.57. The summed E-state index contributed by atoms with van der Waals surface area (Å²) in [5, 5.41) is 2.39. The van der Waals surface area contributed by atoms with Gasteiger partial charge in [0.05, 0.1) is 0 Å². The zero-order valence-corrected chi connectivity index (χ0v) is 16.4. The summed E-state index contributed by atoms with van der Waals surface area (Å²) < 4.78 is 12.4. The van der Waals surface area contributed by atoms with Crippen molar-refractivity contribution in [3.8, 4) is 34.1 Å². The first kappa shape index (κ1) is 18.0. The molecule has 5 aromatic carbocycles. The predicted octanol–water partition coefficient (Wildman–Crippen LogP) is 8.09. The molecule has 0 N–H and O–H groups in total. The van der Waals surface area contributed by atoms with Crippen LogP contribution in [0, 0.1) is 0 Å². The van der Waals surface area contributed by atoms with Gasteiger partial charge in [-0.3, -0.25) is 0 Å². The van der Waals surface area contributed by atoms with Crippen LogP contribution in [-0.4, -0.2) is 0 Å². The lowest BCUT2D eigenvalue weighted by atomic mass is 9.97. The van der Waals surface area contributed by atoms with Gasteiger partial charge in [0.1, 0.15) is 23.0 Å². The van der Waals surface area contributed by atoms with Gasteiger partial charge in [-0.25, -0.2) is 0 Å². The lowest BCUT2D eigenvalue weighted by Gasteiger charge is -2.15. The molecule has 30 heavy (non-hydrogen) atoms. The van der Waals surface area contributed by atoms with Crippen molar-refractivity contribution in [3.63, 3.8) is 0 Å². The standard InChI is InChI=1S/C28H20O2/c1-3-12-22(13-4-1)29-24-18-19-27(28(20-24)30-23-14-5-2-6-15-23)26-17-9-11-21-10-7-8-16-25(21)26/h1-20H. The van der Waals surface area contributed by atoms with Crippen molar-refractivity contribution in [2.75, 3.05) is 0 Å². The Balaban J connectivity index is 1.62. The van der Waals surface area contributed by atoms with Crippen LogP contribution in [-0.2, 0) is 0 Å². The largest absolute Gasteiger partial charge is 0.457 e. The van der Waals surface area contributed by atoms with Gasteiger partial charge in [0.2, 0.25) is 0 Å². The number of hydrogen-bond acceptors (Lipinski definition) is 2. The van der Waals surface area contributed by atoms with Crippen LogP contribution in [0.2, 0.25) is 0 Å². The first-order valence-electron chi connectivity index (χ1n) is 9.95. The molecule has 144 valence electrons. The summed E-state index contributed by atoms with van der Waals surface area (Å²) in [6, 6.07) is 40.4. The van der Waals surface area contributed by atoms with Crippen molar-refractivity contribution in [2.24, 2.45) is 0 Å². The lowest BCUT2D eigenvalue weighted by molar-refractivity contribution is 0.461. The molecule has 0 unspecified atom stereocenters. The molecule has 2 heteroatoms. The predicted molar refractivity (Wildman–Crippen MR) is 122 cm³/mol. The summed E-state index contributed by atoms with van der Waals surface area (Å²) in [6.07, 6.45) is 0. The zero-order valence-electron chi connectivity index (χ0n) is 16.4. The van der Waals surface area contributed by atoms with Crippen molar-refractivity contribution in [2.45, 2.75) is 0 Å². The quantitative estimate of drug-likeness (QED) is 0.303. The summed E-state index contributed by atoms with van der Waals surface area (Å²) in [6.45, 7) is 0. The molecule has 0 saturated heterocycles. The van der Waals surface area contributed by atoms with Gasteiger partial charge in [-0.2, -0.15) is 0 Å². The van der Waals surface area contributed by atoms with E-state index in [1.165, 1.54) is 10.8 Å². The molecule has 2 nitrogen and oxygen atoms in total. The number of benzene rings is 5. The molecule has 0 bridgehead atoms. The number of para-hydroxylation sites is 2. The maximum Gasteiger partial charge on any atom is 0.138 e. The molecular formula is C28H20O2. The Morgan fingerprint density at radius 2 is 1.03 bits per heavy atom. The van der Waals surface area contributed by atoms with Crippen LogP contribution >= 0.6 is 0 Å². The van der Waals surface area contributed by atoms with Gasteiger partial charge in [0.15, 0.2) is 0 Å². The first-order valence-corrected chi connectivity index (χ1v) is 9.95. The molecule has 0 radical (unpaired) electrons. The van der Waals surface area contributed by atoms with Crippen LogP contribution in [0.3, 0.4) is 0 Å². The Hall–Kier alpha value is -4.04. The third-order valence-corrected chi connectivity index (χ3v) is 4.98. The number of fused-ring (bicyclic) bond motifs is 1. The van der Waals surface area contributed by atoms with E-state index in [0.29, 0.717) is 0 Å². The fraction of sp³-hybridized carbons (Fsp3) is 0. The second kappa shape index (κ2) is 8.14. The van der Waals surface area contributed by atoms with E-state index in [2.05, 4.69) is 48.5 Å². The summed E-state index contributed by atoms with van der Waals surface area (Å²) in [5.74, 6) is 3.07. The Morgan fingerprint density at radius 3 is 1.80 bits per heavy atom. The highest BCUT2D eigenvalue weighted by atomic mass is 16.5. The van der Waals surface area contributed by atoms with Crippen LogP contribution in [0.5, 0.6) is 23.0 Å². The lowest BCUT2D eigenvalue weighted by Crippen LogP contribution is -1.91. The fourth-order valence-electron chi connectivity index (χ4n) is 3.57. The maximum atomic E-state index is 6.31. The van der Waals surface area contributed by atoms with Gasteiger partial charge in [-0.15, -0.1) is 0 Å². The minimum Gasteiger partial charge on any atom is -0.457 e. The van der Waals surface area contributed by atoms with E-state index < -0.39 is 0 Å². The van der Waals surface area contributed by atoms with Crippen LogP contribution in [0.1, 0.15) is 0 Å². The van der Waals surface area contributed by atoms with Crippen molar-refractivity contribution < 1.29 is 9.47 Å². The van der Waals surface area contributed by atoms with E-state index >= 15 is 0 Å². The average molecular weight is 388 g/mol. The Kier molecular flexibility index (Phi) is 4.89. The minimum absolute atomic E-state index is 0.733. The van der Waals surface area contributed by atoms with Gasteiger partial charge in [0, 0.05) is 11.6 Å². The van der Waals surface area contributed by atoms with Gasteiger partial charge < -0.3 is 9.47 Å². The molecule has 5 aromatic rings. The van der Waals surface area contributed by atoms with E-state index in [4.69, 9.17) is 9.47 Å². The molecule has 0 aromatic heterocycles. The molecule has 0 spiro atoms. The second-order valence-electron chi connectivity index (χ2n) is 7.01. The van der Waals surface area contributed by atoms with Gasteiger partial charge in [-0.1, -0.05) is 78.9 Å². The smallest absolute Gasteiger partial charge is 0.138 e. The van der Waals surface area contributed by atoms with Crippen molar-refractivity contribution in [1.29, 1.82) is 0 Å². The van der Waals surface area contributed by atoms with Gasteiger partial charge >= 0.3 is 0 Å². The molecular weight excluding hydrogens is 368 g/mol. The van der Waals surface area contributed by atoms with Gasteiger partial charge in [0.25, 0.3) is 0 Å². The molecule has 0 aliphatic carbocycles. The normalized spacial score (nSPS) is 10.7. The molecule has 0 saturated carbocycles. The van der Waals surface area contributed by atoms with Crippen LogP contribution in [0.25, 0.3) is 21.9 Å². The van der Waals surface area contributed by atoms with E-state index in [9.17, 15) is 0 Å². The Labute approximate surface area is 176 Å². The number of hydrogen-bond donors (Lipinski definition) is 0. The van der Waals surface area contributed by atoms with E-state index in [1.807, 2.05) is 72.8 Å². The van der Waals surface area contributed by atoms with Crippen molar-refractivity contribution >= 4 is 10.8 Å². The molecule has 0 atom stereocenters. The summed E-state index contributed by atoms with van der Waals surface area (Å²) in [4.78, 5) is 0. The highest BCUT2D eigenvalue weighted by Crippen LogP contribution is 2.40. The molecule has 0 aliphatic heterocycles. The van der Waals surface area contributed by atoms with E-state index in [1.54, 1.807) is 0 Å². The molecule has 5 rings (SSSR count). The molecule has 0 amide bonds. The minimum atomic E-state index is 0.733. The summed E-state index contributed by atoms with van der Waals surface area (Å²) in [5.41, 5.74) is 2.15. The maximum absolute atomic E-state index is 6.31. The van der Waals surface area contributed by atoms with Crippen LogP contribution in [0.15, 0.2) is 121 Å². The van der Waals surface area contributed by atoms with Crippen molar-refractivity contribution in [1.82, 2.24) is 0 Å². The Morgan fingerprint density at radius 1 is 0.400 bits per heavy atom. The number of ether oxygens (including phenoxy) is 2. The highest BCUT2D eigenvalue weighted by Gasteiger charge is 2.13. The Bertz CT molecular complexity index is 1270. The SMILES string of the molecule is c1ccc(Oc2ccc(-c3cccc4ccccc34)c(Oc3ccccc3)c2)cc1. The van der Waals surface area contributed by atoms with Crippen LogP contribution in [0.4, 0.5) is 0 Å². The third-order valence-electron chi connectivity index (χ3n) is 4.98. The molecule has 0 aliphatic rings. The van der Waals surface area contributed by atoms with Gasteiger partial charge in [-0.05, 0) is 52.7 Å². The molecule has 0 heterocycles. The summed E-state index contributed by atoms with van der Waals surface area (Å²) in [7, 11) is 0. The first-order chi connectivity index (χ1) is 14.9.